The van der Waals surface area contributed by atoms with Gasteiger partial charge in [0.25, 0.3) is 5.91 Å². The number of hydrogen-bond donors (Lipinski definition) is 1. The van der Waals surface area contributed by atoms with Crippen LogP contribution in [0.3, 0.4) is 0 Å². The Morgan fingerprint density at radius 2 is 1.80 bits per heavy atom. The van der Waals surface area contributed by atoms with Crippen molar-refractivity contribution in [3.63, 3.8) is 0 Å². The van der Waals surface area contributed by atoms with E-state index in [9.17, 15) is 4.79 Å². The average Bonchev–Trinajstić information content (AvgIpc) is 3.31. The highest BCUT2D eigenvalue weighted by Crippen LogP contribution is 2.27. The van der Waals surface area contributed by atoms with Gasteiger partial charge in [-0.2, -0.15) is 11.3 Å². The molecule has 1 amide bonds. The first-order valence-electron chi connectivity index (χ1n) is 10.2. The van der Waals surface area contributed by atoms with Crippen LogP contribution in [-0.2, 0) is 23.6 Å². The Hall–Kier alpha value is -2.12. The summed E-state index contributed by atoms with van der Waals surface area (Å²) in [7, 11) is 0. The third-order valence-corrected chi connectivity index (χ3v) is 7.04. The van der Waals surface area contributed by atoms with E-state index in [1.807, 2.05) is 30.3 Å². The molecular formula is C24H26N2O2S2. The lowest BCUT2D eigenvalue weighted by Gasteiger charge is -2.27. The first-order valence-corrected chi connectivity index (χ1v) is 12.1. The first kappa shape index (κ1) is 21.1. The van der Waals surface area contributed by atoms with E-state index in [0.29, 0.717) is 6.54 Å². The largest absolute Gasteiger partial charge is 0.379 e. The fourth-order valence-electron chi connectivity index (χ4n) is 3.47. The Bertz CT molecular complexity index is 953. The van der Waals surface area contributed by atoms with E-state index in [-0.39, 0.29) is 5.91 Å². The van der Waals surface area contributed by atoms with E-state index < -0.39 is 0 Å². The predicted octanol–water partition coefficient (Wildman–Crippen LogP) is 4.80. The van der Waals surface area contributed by atoms with Crippen molar-refractivity contribution in [2.45, 2.75) is 23.7 Å². The van der Waals surface area contributed by atoms with Gasteiger partial charge in [-0.1, -0.05) is 36.4 Å². The van der Waals surface area contributed by atoms with Crippen LogP contribution in [-0.4, -0.2) is 37.1 Å². The zero-order chi connectivity index (χ0) is 20.6. The minimum Gasteiger partial charge on any atom is -0.379 e. The molecule has 0 bridgehead atoms. The molecule has 0 radical (unpaired) electrons. The second-order valence-electron chi connectivity index (χ2n) is 7.26. The quantitative estimate of drug-likeness (QED) is 0.513. The summed E-state index contributed by atoms with van der Waals surface area (Å²) in [6, 6.07) is 18.3. The number of carbonyl (C=O) groups is 1. The summed E-state index contributed by atoms with van der Waals surface area (Å²) in [5, 5.41) is 7.37. The van der Waals surface area contributed by atoms with Crippen LogP contribution in [0.2, 0.25) is 0 Å². The van der Waals surface area contributed by atoms with Gasteiger partial charge in [-0.15, -0.1) is 11.8 Å². The lowest BCUT2D eigenvalue weighted by Crippen LogP contribution is -2.36. The van der Waals surface area contributed by atoms with Gasteiger partial charge in [0.15, 0.2) is 0 Å². The summed E-state index contributed by atoms with van der Waals surface area (Å²) in [6.07, 6.45) is 0. The van der Waals surface area contributed by atoms with E-state index in [2.05, 4.69) is 45.2 Å². The zero-order valence-corrected chi connectivity index (χ0v) is 18.5. The minimum absolute atomic E-state index is 0.0235. The van der Waals surface area contributed by atoms with Crippen molar-refractivity contribution >= 4 is 29.0 Å². The van der Waals surface area contributed by atoms with E-state index in [1.165, 1.54) is 16.7 Å². The summed E-state index contributed by atoms with van der Waals surface area (Å²) in [6.45, 7) is 4.91. The number of carbonyl (C=O) groups excluding carboxylic acids is 1. The van der Waals surface area contributed by atoms with Crippen molar-refractivity contribution in [2.75, 3.05) is 26.3 Å². The van der Waals surface area contributed by atoms with Crippen LogP contribution in [0, 0.1) is 0 Å². The Morgan fingerprint density at radius 3 is 2.60 bits per heavy atom. The van der Waals surface area contributed by atoms with Crippen LogP contribution in [0.1, 0.15) is 27.0 Å². The lowest BCUT2D eigenvalue weighted by molar-refractivity contribution is 0.0340. The van der Waals surface area contributed by atoms with Gasteiger partial charge < -0.3 is 10.1 Å². The topological polar surface area (TPSA) is 41.6 Å². The Balaban J connectivity index is 1.39. The maximum atomic E-state index is 13.0. The standard InChI is InChI=1S/C24H26N2O2S2/c27-24(22-7-3-4-8-23(22)30-18-19-9-14-29-17-19)25-15-20-5-1-2-6-21(20)16-26-10-12-28-13-11-26/h1-9,14,17H,10-13,15-16,18H2,(H,25,27). The van der Waals surface area contributed by atoms with Crippen molar-refractivity contribution in [3.8, 4) is 0 Å². The van der Waals surface area contributed by atoms with Gasteiger partial charge in [0, 0.05) is 36.8 Å². The van der Waals surface area contributed by atoms with Gasteiger partial charge in [0.05, 0.1) is 18.8 Å². The van der Waals surface area contributed by atoms with E-state index in [1.54, 1.807) is 23.1 Å². The SMILES string of the molecule is O=C(NCc1ccccc1CN1CCOCC1)c1ccccc1SCc1ccsc1. The molecular weight excluding hydrogens is 412 g/mol. The lowest BCUT2D eigenvalue weighted by atomic mass is 10.1. The van der Waals surface area contributed by atoms with Gasteiger partial charge in [-0.3, -0.25) is 9.69 Å². The van der Waals surface area contributed by atoms with Crippen LogP contribution >= 0.6 is 23.1 Å². The highest BCUT2D eigenvalue weighted by atomic mass is 32.2. The van der Waals surface area contributed by atoms with Crippen LogP contribution in [0.5, 0.6) is 0 Å². The monoisotopic (exact) mass is 438 g/mol. The minimum atomic E-state index is -0.0235. The number of nitrogens with zero attached hydrogens (tertiary/aromatic N) is 1. The average molecular weight is 439 g/mol. The number of nitrogens with one attached hydrogen (secondary N) is 1. The molecule has 2 heterocycles. The smallest absolute Gasteiger partial charge is 0.252 e. The highest BCUT2D eigenvalue weighted by Gasteiger charge is 2.15. The molecule has 156 valence electrons. The highest BCUT2D eigenvalue weighted by molar-refractivity contribution is 7.98. The normalized spacial score (nSPS) is 14.5. The molecule has 0 spiro atoms. The third-order valence-electron chi connectivity index (χ3n) is 5.16. The van der Waals surface area contributed by atoms with Gasteiger partial charge in [-0.25, -0.2) is 0 Å². The first-order chi connectivity index (χ1) is 14.8. The van der Waals surface area contributed by atoms with Gasteiger partial charge in [0.1, 0.15) is 0 Å². The summed E-state index contributed by atoms with van der Waals surface area (Å²) in [5.74, 6) is 0.848. The maximum Gasteiger partial charge on any atom is 0.252 e. The summed E-state index contributed by atoms with van der Waals surface area (Å²) in [4.78, 5) is 16.4. The molecule has 0 atom stereocenters. The molecule has 1 aliphatic heterocycles. The zero-order valence-electron chi connectivity index (χ0n) is 16.9. The number of thiophene rings is 1. The van der Waals surface area contributed by atoms with Gasteiger partial charge in [-0.05, 0) is 45.6 Å². The Labute approximate surface area is 186 Å². The summed E-state index contributed by atoms with van der Waals surface area (Å²) in [5.41, 5.74) is 4.46. The molecule has 6 heteroatoms. The number of amides is 1. The molecule has 1 aliphatic rings. The molecule has 1 N–H and O–H groups in total. The molecule has 1 fully saturated rings. The second-order valence-corrected chi connectivity index (χ2v) is 9.05. The Morgan fingerprint density at radius 1 is 1.03 bits per heavy atom. The number of thioether (sulfide) groups is 1. The molecule has 4 nitrogen and oxygen atoms in total. The van der Waals surface area contributed by atoms with Crippen molar-refractivity contribution in [1.29, 1.82) is 0 Å². The molecule has 0 saturated carbocycles. The maximum absolute atomic E-state index is 13.0. The van der Waals surface area contributed by atoms with Crippen molar-refractivity contribution in [3.05, 3.63) is 87.6 Å². The van der Waals surface area contributed by atoms with Crippen molar-refractivity contribution in [2.24, 2.45) is 0 Å². The fourth-order valence-corrected chi connectivity index (χ4v) is 5.24. The fraction of sp³-hybridized carbons (Fsp3) is 0.292. The van der Waals surface area contributed by atoms with Crippen LogP contribution < -0.4 is 5.32 Å². The second kappa shape index (κ2) is 10.8. The molecule has 1 saturated heterocycles. The van der Waals surface area contributed by atoms with E-state index >= 15 is 0 Å². The molecule has 0 unspecified atom stereocenters. The van der Waals surface area contributed by atoms with Crippen LogP contribution in [0.4, 0.5) is 0 Å². The van der Waals surface area contributed by atoms with E-state index in [4.69, 9.17) is 4.74 Å². The van der Waals surface area contributed by atoms with Crippen molar-refractivity contribution in [1.82, 2.24) is 10.2 Å². The third kappa shape index (κ3) is 5.73. The summed E-state index contributed by atoms with van der Waals surface area (Å²) >= 11 is 3.41. The number of benzene rings is 2. The predicted molar refractivity (Wildman–Crippen MR) is 124 cm³/mol. The van der Waals surface area contributed by atoms with Crippen LogP contribution in [0.25, 0.3) is 0 Å². The molecule has 1 aromatic heterocycles. The molecule has 0 aliphatic carbocycles. The van der Waals surface area contributed by atoms with Gasteiger partial charge >= 0.3 is 0 Å². The molecule has 30 heavy (non-hydrogen) atoms. The Kier molecular flexibility index (Phi) is 7.59. The number of hydrogen-bond acceptors (Lipinski definition) is 5. The van der Waals surface area contributed by atoms with Gasteiger partial charge in [0.2, 0.25) is 0 Å². The number of rotatable bonds is 8. The van der Waals surface area contributed by atoms with Crippen LogP contribution in [0.15, 0.2) is 70.3 Å². The number of ether oxygens (including phenoxy) is 1. The molecule has 4 rings (SSSR count). The van der Waals surface area contributed by atoms with E-state index in [0.717, 1.165) is 49.1 Å². The number of morpholine rings is 1. The molecule has 3 aromatic rings. The summed E-state index contributed by atoms with van der Waals surface area (Å²) < 4.78 is 5.45. The molecule has 2 aromatic carbocycles. The van der Waals surface area contributed by atoms with Crippen molar-refractivity contribution < 1.29 is 9.53 Å².